The molecular formula is C16H23N4O2+. The van der Waals surface area contributed by atoms with E-state index >= 15 is 0 Å². The third-order valence-electron chi connectivity index (χ3n) is 4.44. The molecule has 118 valence electrons. The number of aliphatic imine (C=N–C) groups is 2. The molecule has 0 bridgehead atoms. The zero-order valence-corrected chi connectivity index (χ0v) is 13.3. The first-order valence-corrected chi connectivity index (χ1v) is 8.35. The van der Waals surface area contributed by atoms with E-state index in [0.29, 0.717) is 30.6 Å². The second-order valence-electron chi connectivity index (χ2n) is 6.13. The maximum atomic E-state index is 12.6. The van der Waals surface area contributed by atoms with Crippen LogP contribution in [-0.2, 0) is 4.79 Å². The number of amides is 3. The second-order valence-corrected chi connectivity index (χ2v) is 6.13. The van der Waals surface area contributed by atoms with Crippen LogP contribution in [0, 0.1) is 5.92 Å². The van der Waals surface area contributed by atoms with Crippen molar-refractivity contribution < 1.29 is 14.2 Å². The summed E-state index contributed by atoms with van der Waals surface area (Å²) in [5.41, 5.74) is 0.364. The summed E-state index contributed by atoms with van der Waals surface area (Å²) >= 11 is 0. The van der Waals surface area contributed by atoms with E-state index in [9.17, 15) is 9.59 Å². The molecule has 0 aromatic heterocycles. The van der Waals surface area contributed by atoms with Crippen molar-refractivity contribution in [2.24, 2.45) is 15.9 Å². The van der Waals surface area contributed by atoms with Gasteiger partial charge < -0.3 is 0 Å². The highest BCUT2D eigenvalue weighted by Gasteiger charge is 2.47. The molecule has 0 aromatic carbocycles. The van der Waals surface area contributed by atoms with E-state index in [4.69, 9.17) is 0 Å². The van der Waals surface area contributed by atoms with Crippen LogP contribution in [0.5, 0.6) is 0 Å². The number of rotatable bonds is 5. The summed E-state index contributed by atoms with van der Waals surface area (Å²) in [6, 6.07) is -0.251. The standard InChI is InChI=1S/C16H23N4O2/c1-3-9-19-14-12(15(21)20(10-4-2)16(19)22)17-13(18-14)11-7-5-6-8-11/h11H,3-10H2,1-2H3/q+1. The molecule has 0 spiro atoms. The van der Waals surface area contributed by atoms with E-state index in [-0.39, 0.29) is 11.9 Å². The van der Waals surface area contributed by atoms with Crippen molar-refractivity contribution in [3.8, 4) is 0 Å². The summed E-state index contributed by atoms with van der Waals surface area (Å²) in [6.45, 7) is 4.98. The Morgan fingerprint density at radius 2 is 1.86 bits per heavy atom. The lowest BCUT2D eigenvalue weighted by molar-refractivity contribution is -0.435. The van der Waals surface area contributed by atoms with Gasteiger partial charge in [-0.25, -0.2) is 14.6 Å². The SMILES string of the molecule is CCCN1C(=O)C2=NC(C3CCCC3)=NC2=[N+](CCC)C1=O. The molecule has 22 heavy (non-hydrogen) atoms. The number of carbonyl (C=O) groups is 2. The van der Waals surface area contributed by atoms with Gasteiger partial charge in [-0.1, -0.05) is 31.7 Å². The van der Waals surface area contributed by atoms with Crippen LogP contribution >= 0.6 is 0 Å². The van der Waals surface area contributed by atoms with Crippen LogP contribution in [0.15, 0.2) is 9.98 Å². The average Bonchev–Trinajstić information content (AvgIpc) is 3.16. The van der Waals surface area contributed by atoms with Crippen molar-refractivity contribution in [2.75, 3.05) is 13.1 Å². The van der Waals surface area contributed by atoms with E-state index in [0.717, 1.165) is 31.5 Å². The molecule has 6 heteroatoms. The number of hydrogen-bond donors (Lipinski definition) is 0. The van der Waals surface area contributed by atoms with Crippen molar-refractivity contribution in [3.05, 3.63) is 0 Å². The summed E-state index contributed by atoms with van der Waals surface area (Å²) < 4.78 is 1.62. The van der Waals surface area contributed by atoms with Gasteiger partial charge in [0, 0.05) is 5.92 Å². The van der Waals surface area contributed by atoms with Gasteiger partial charge >= 0.3 is 17.8 Å². The van der Waals surface area contributed by atoms with Gasteiger partial charge in [-0.15, -0.1) is 0 Å². The molecule has 0 saturated heterocycles. The van der Waals surface area contributed by atoms with E-state index < -0.39 is 0 Å². The highest BCUT2D eigenvalue weighted by Crippen LogP contribution is 2.29. The third kappa shape index (κ3) is 2.40. The molecule has 0 N–H and O–H groups in total. The fraction of sp³-hybridized carbons (Fsp3) is 0.688. The predicted octanol–water partition coefficient (Wildman–Crippen LogP) is 2.22. The van der Waals surface area contributed by atoms with Crippen LogP contribution < -0.4 is 0 Å². The van der Waals surface area contributed by atoms with E-state index in [1.807, 2.05) is 13.8 Å². The molecule has 2 aliphatic heterocycles. The Kier molecular flexibility index (Phi) is 4.18. The lowest BCUT2D eigenvalue weighted by atomic mass is 10.1. The summed E-state index contributed by atoms with van der Waals surface area (Å²) in [5.74, 6) is 1.29. The summed E-state index contributed by atoms with van der Waals surface area (Å²) in [7, 11) is 0. The van der Waals surface area contributed by atoms with Crippen molar-refractivity contribution in [1.82, 2.24) is 4.90 Å². The van der Waals surface area contributed by atoms with E-state index in [2.05, 4.69) is 9.98 Å². The fourth-order valence-corrected chi connectivity index (χ4v) is 3.35. The number of urea groups is 1. The topological polar surface area (TPSA) is 65.1 Å². The smallest absolute Gasteiger partial charge is 0.248 e. The van der Waals surface area contributed by atoms with Crippen LogP contribution in [-0.4, -0.2) is 51.9 Å². The molecule has 3 rings (SSSR count). The molecule has 0 atom stereocenters. The first-order valence-electron chi connectivity index (χ1n) is 8.35. The lowest BCUT2D eigenvalue weighted by Gasteiger charge is -2.21. The van der Waals surface area contributed by atoms with Gasteiger partial charge in [-0.05, 0) is 25.7 Å². The van der Waals surface area contributed by atoms with Gasteiger partial charge in [0.15, 0.2) is 0 Å². The molecule has 0 radical (unpaired) electrons. The lowest BCUT2D eigenvalue weighted by Crippen LogP contribution is -2.54. The zero-order chi connectivity index (χ0) is 15.7. The molecule has 1 aliphatic carbocycles. The first kappa shape index (κ1) is 15.1. The van der Waals surface area contributed by atoms with Crippen LogP contribution in [0.1, 0.15) is 52.4 Å². The zero-order valence-electron chi connectivity index (χ0n) is 13.3. The predicted molar refractivity (Wildman–Crippen MR) is 84.7 cm³/mol. The Bertz CT molecular complexity index is 597. The number of amidine groups is 2. The molecule has 1 saturated carbocycles. The molecule has 3 amide bonds. The second kappa shape index (κ2) is 6.10. The maximum absolute atomic E-state index is 12.6. The van der Waals surface area contributed by atoms with Crippen molar-refractivity contribution in [3.63, 3.8) is 0 Å². The van der Waals surface area contributed by atoms with Crippen LogP contribution in [0.3, 0.4) is 0 Å². The van der Waals surface area contributed by atoms with Crippen LogP contribution in [0.2, 0.25) is 0 Å². The number of nitrogens with zero attached hydrogens (tertiary/aromatic N) is 4. The summed E-state index contributed by atoms with van der Waals surface area (Å²) in [4.78, 5) is 35.5. The van der Waals surface area contributed by atoms with Gasteiger partial charge in [-0.3, -0.25) is 0 Å². The molecule has 2 heterocycles. The monoisotopic (exact) mass is 303 g/mol. The minimum Gasteiger partial charge on any atom is -0.248 e. The van der Waals surface area contributed by atoms with Gasteiger partial charge in [0.2, 0.25) is 11.5 Å². The minimum atomic E-state index is -0.286. The Morgan fingerprint density at radius 3 is 2.50 bits per heavy atom. The Balaban J connectivity index is 2.01. The molecular weight excluding hydrogens is 280 g/mol. The highest BCUT2D eigenvalue weighted by molar-refractivity contribution is 6.70. The molecule has 1 fully saturated rings. The van der Waals surface area contributed by atoms with E-state index in [1.165, 1.54) is 17.7 Å². The Morgan fingerprint density at radius 1 is 1.14 bits per heavy atom. The molecule has 0 unspecified atom stereocenters. The van der Waals surface area contributed by atoms with Crippen molar-refractivity contribution in [2.45, 2.75) is 52.4 Å². The summed E-state index contributed by atoms with van der Waals surface area (Å²) in [6.07, 6.45) is 6.12. The van der Waals surface area contributed by atoms with Crippen LogP contribution in [0.4, 0.5) is 4.79 Å². The molecule has 3 aliphatic rings. The number of carbonyl (C=O) groups excluding carboxylic acids is 2. The minimum absolute atomic E-state index is 0.251. The van der Waals surface area contributed by atoms with Gasteiger partial charge in [0.1, 0.15) is 0 Å². The normalized spacial score (nSPS) is 22.4. The number of imide groups is 1. The molecule has 0 aromatic rings. The fourth-order valence-electron chi connectivity index (χ4n) is 3.35. The highest BCUT2D eigenvalue weighted by atomic mass is 16.2. The third-order valence-corrected chi connectivity index (χ3v) is 4.44. The van der Waals surface area contributed by atoms with Gasteiger partial charge in [0.05, 0.1) is 13.1 Å². The largest absolute Gasteiger partial charge is 0.446 e. The number of hydrogen-bond acceptors (Lipinski definition) is 4. The Hall–Kier alpha value is -1.85. The Labute approximate surface area is 130 Å². The first-order chi connectivity index (χ1) is 10.7. The molecule has 6 nitrogen and oxygen atoms in total. The van der Waals surface area contributed by atoms with Crippen molar-refractivity contribution in [1.29, 1.82) is 0 Å². The van der Waals surface area contributed by atoms with Gasteiger partial charge in [0.25, 0.3) is 0 Å². The van der Waals surface area contributed by atoms with Gasteiger partial charge in [-0.2, -0.15) is 9.48 Å². The van der Waals surface area contributed by atoms with Crippen molar-refractivity contribution >= 4 is 29.3 Å². The summed E-state index contributed by atoms with van der Waals surface area (Å²) in [5, 5.41) is 0. The van der Waals surface area contributed by atoms with E-state index in [1.54, 1.807) is 4.58 Å². The van der Waals surface area contributed by atoms with Crippen LogP contribution in [0.25, 0.3) is 0 Å². The maximum Gasteiger partial charge on any atom is 0.446 e. The average molecular weight is 303 g/mol. The number of fused-ring (bicyclic) bond motifs is 1. The quantitative estimate of drug-likeness (QED) is 0.731.